The number of nitrogens with one attached hydrogen (secondary N) is 1. The Morgan fingerprint density at radius 1 is 1.27 bits per heavy atom. The Hall–Kier alpha value is -2.54. The van der Waals surface area contributed by atoms with Gasteiger partial charge in [0, 0.05) is 58.0 Å². The zero-order valence-corrected chi connectivity index (χ0v) is 18.5. The molecule has 1 aliphatic rings. The predicted octanol–water partition coefficient (Wildman–Crippen LogP) is 2.89. The van der Waals surface area contributed by atoms with Crippen molar-refractivity contribution >= 4 is 5.91 Å². The van der Waals surface area contributed by atoms with Crippen molar-refractivity contribution in [3.8, 4) is 0 Å². The van der Waals surface area contributed by atoms with Gasteiger partial charge in [-0.15, -0.1) is 10.2 Å². The fourth-order valence-corrected chi connectivity index (χ4v) is 3.87. The molecule has 0 bridgehead atoms. The van der Waals surface area contributed by atoms with Crippen LogP contribution >= 0.6 is 0 Å². The number of fused-ring (bicyclic) bond motifs is 1. The molecule has 1 unspecified atom stereocenters. The van der Waals surface area contributed by atoms with Gasteiger partial charge in [-0.2, -0.15) is 0 Å². The molecular formula is C23H34N6O. The number of carbonyl (C=O) groups is 1. The van der Waals surface area contributed by atoms with Gasteiger partial charge >= 0.3 is 0 Å². The Morgan fingerprint density at radius 2 is 2.13 bits per heavy atom. The molecule has 1 amide bonds. The van der Waals surface area contributed by atoms with E-state index in [1.54, 1.807) is 24.5 Å². The quantitative estimate of drug-likeness (QED) is 0.644. The third kappa shape index (κ3) is 6.49. The third-order valence-electron chi connectivity index (χ3n) is 5.54. The Bertz CT molecular complexity index is 841. The first kappa shape index (κ1) is 22.2. The van der Waals surface area contributed by atoms with E-state index in [1.165, 1.54) is 12.0 Å². The number of allylic oxidation sites excluding steroid dienone is 2. The number of carbonyl (C=O) groups excluding carboxylic acids is 1. The van der Waals surface area contributed by atoms with Crippen molar-refractivity contribution in [2.24, 2.45) is 5.92 Å². The summed E-state index contributed by atoms with van der Waals surface area (Å²) in [5, 5.41) is 11.7. The van der Waals surface area contributed by atoms with E-state index in [1.807, 2.05) is 0 Å². The molecule has 2 aromatic heterocycles. The molecule has 0 radical (unpaired) electrons. The van der Waals surface area contributed by atoms with Crippen LogP contribution < -0.4 is 5.32 Å². The molecule has 0 aromatic carbocycles. The highest BCUT2D eigenvalue weighted by atomic mass is 16.1. The fraction of sp³-hybridized carbons (Fsp3) is 0.565. The van der Waals surface area contributed by atoms with Gasteiger partial charge in [0.25, 0.3) is 5.91 Å². The van der Waals surface area contributed by atoms with E-state index in [0.717, 1.165) is 50.7 Å². The van der Waals surface area contributed by atoms with Crippen LogP contribution in [-0.2, 0) is 19.4 Å². The SMILES string of the molecule is CC(C)=CCCC(C)CN1CCc2nnc(CCNC(=O)c3cccnc3)n2CC1. The Labute approximate surface area is 179 Å². The minimum atomic E-state index is -0.105. The minimum Gasteiger partial charge on any atom is -0.352 e. The van der Waals surface area contributed by atoms with Crippen LogP contribution in [0.4, 0.5) is 0 Å². The van der Waals surface area contributed by atoms with Gasteiger partial charge in [0.1, 0.15) is 11.6 Å². The molecule has 7 heteroatoms. The monoisotopic (exact) mass is 410 g/mol. The van der Waals surface area contributed by atoms with Crippen LogP contribution in [0.2, 0.25) is 0 Å². The lowest BCUT2D eigenvalue weighted by atomic mass is 10.0. The van der Waals surface area contributed by atoms with Crippen molar-refractivity contribution < 1.29 is 4.79 Å². The summed E-state index contributed by atoms with van der Waals surface area (Å²) in [6.45, 7) is 11.3. The second-order valence-corrected chi connectivity index (χ2v) is 8.45. The molecule has 0 fully saturated rings. The normalized spacial score (nSPS) is 15.2. The summed E-state index contributed by atoms with van der Waals surface area (Å²) < 4.78 is 2.24. The van der Waals surface area contributed by atoms with Gasteiger partial charge in [-0.05, 0) is 44.7 Å². The van der Waals surface area contributed by atoms with Gasteiger partial charge in [-0.1, -0.05) is 18.6 Å². The maximum Gasteiger partial charge on any atom is 0.252 e. The summed E-state index contributed by atoms with van der Waals surface area (Å²) in [4.78, 5) is 18.7. The maximum atomic E-state index is 12.2. The number of aromatic nitrogens is 4. The predicted molar refractivity (Wildman–Crippen MR) is 118 cm³/mol. The Morgan fingerprint density at radius 3 is 2.90 bits per heavy atom. The standard InChI is InChI=1S/C23H34N6O/c1-18(2)6-4-7-19(3)17-28-13-10-22-27-26-21(29(22)15-14-28)9-12-25-23(30)20-8-5-11-24-16-20/h5-6,8,11,16,19H,4,7,9-10,12-15,17H2,1-3H3,(H,25,30). The first-order valence-electron chi connectivity index (χ1n) is 11.0. The van der Waals surface area contributed by atoms with Crippen LogP contribution in [-0.4, -0.2) is 56.7 Å². The van der Waals surface area contributed by atoms with Gasteiger partial charge in [0.15, 0.2) is 0 Å². The molecule has 3 rings (SSSR count). The van der Waals surface area contributed by atoms with Gasteiger partial charge in [0.2, 0.25) is 0 Å². The molecule has 3 heterocycles. The molecule has 0 spiro atoms. The zero-order valence-electron chi connectivity index (χ0n) is 18.5. The highest BCUT2D eigenvalue weighted by molar-refractivity contribution is 5.93. The average molecular weight is 411 g/mol. The number of nitrogens with zero attached hydrogens (tertiary/aromatic N) is 5. The van der Waals surface area contributed by atoms with E-state index >= 15 is 0 Å². The van der Waals surface area contributed by atoms with Gasteiger partial charge in [-0.25, -0.2) is 0 Å². The van der Waals surface area contributed by atoms with Crippen molar-refractivity contribution in [3.63, 3.8) is 0 Å². The zero-order chi connectivity index (χ0) is 21.3. The molecule has 1 atom stereocenters. The first-order chi connectivity index (χ1) is 14.5. The van der Waals surface area contributed by atoms with Gasteiger partial charge in [-0.3, -0.25) is 9.78 Å². The van der Waals surface area contributed by atoms with Crippen molar-refractivity contribution in [3.05, 3.63) is 53.4 Å². The second-order valence-electron chi connectivity index (χ2n) is 8.45. The maximum absolute atomic E-state index is 12.2. The first-order valence-corrected chi connectivity index (χ1v) is 11.0. The van der Waals surface area contributed by atoms with Crippen LogP contribution in [0.25, 0.3) is 0 Å². The number of amides is 1. The summed E-state index contributed by atoms with van der Waals surface area (Å²) in [7, 11) is 0. The summed E-state index contributed by atoms with van der Waals surface area (Å²) in [6.07, 6.45) is 9.57. The van der Waals surface area contributed by atoms with Crippen molar-refractivity contribution in [2.75, 3.05) is 26.2 Å². The highest BCUT2D eigenvalue weighted by Gasteiger charge is 2.19. The smallest absolute Gasteiger partial charge is 0.252 e. The van der Waals surface area contributed by atoms with Crippen molar-refractivity contribution in [1.82, 2.24) is 30.0 Å². The van der Waals surface area contributed by atoms with Crippen LogP contribution in [0.5, 0.6) is 0 Å². The summed E-state index contributed by atoms with van der Waals surface area (Å²) in [6, 6.07) is 3.53. The van der Waals surface area contributed by atoms with E-state index in [-0.39, 0.29) is 5.91 Å². The molecule has 0 saturated carbocycles. The average Bonchev–Trinajstić information content (AvgIpc) is 3.00. The molecule has 2 aromatic rings. The minimum absolute atomic E-state index is 0.105. The Balaban J connectivity index is 1.46. The summed E-state index contributed by atoms with van der Waals surface area (Å²) >= 11 is 0. The van der Waals surface area contributed by atoms with E-state index in [9.17, 15) is 4.79 Å². The van der Waals surface area contributed by atoms with Crippen LogP contribution in [0.1, 0.15) is 55.6 Å². The molecule has 30 heavy (non-hydrogen) atoms. The van der Waals surface area contributed by atoms with E-state index in [0.29, 0.717) is 24.4 Å². The number of pyridine rings is 1. The summed E-state index contributed by atoms with van der Waals surface area (Å²) in [5.41, 5.74) is 1.98. The van der Waals surface area contributed by atoms with E-state index in [2.05, 4.69) is 56.8 Å². The number of rotatable bonds is 9. The molecule has 162 valence electrons. The van der Waals surface area contributed by atoms with Crippen molar-refractivity contribution in [1.29, 1.82) is 0 Å². The third-order valence-corrected chi connectivity index (χ3v) is 5.54. The van der Waals surface area contributed by atoms with E-state index in [4.69, 9.17) is 0 Å². The highest BCUT2D eigenvalue weighted by Crippen LogP contribution is 2.14. The van der Waals surface area contributed by atoms with Crippen LogP contribution in [0.3, 0.4) is 0 Å². The van der Waals surface area contributed by atoms with Crippen LogP contribution in [0, 0.1) is 5.92 Å². The molecule has 0 saturated heterocycles. The van der Waals surface area contributed by atoms with E-state index < -0.39 is 0 Å². The fourth-order valence-electron chi connectivity index (χ4n) is 3.87. The molecule has 0 aliphatic carbocycles. The van der Waals surface area contributed by atoms with Crippen LogP contribution in [0.15, 0.2) is 36.2 Å². The Kier molecular flexibility index (Phi) is 8.13. The van der Waals surface area contributed by atoms with Gasteiger partial charge < -0.3 is 14.8 Å². The summed E-state index contributed by atoms with van der Waals surface area (Å²) in [5.74, 6) is 2.59. The van der Waals surface area contributed by atoms with Crippen molar-refractivity contribution in [2.45, 2.75) is 53.0 Å². The number of hydrogen-bond acceptors (Lipinski definition) is 5. The lowest BCUT2D eigenvalue weighted by Crippen LogP contribution is -2.31. The lowest BCUT2D eigenvalue weighted by Gasteiger charge is -2.23. The lowest BCUT2D eigenvalue weighted by molar-refractivity contribution is 0.0953. The molecule has 1 aliphatic heterocycles. The molecule has 1 N–H and O–H groups in total. The number of hydrogen-bond donors (Lipinski definition) is 1. The molecule has 7 nitrogen and oxygen atoms in total. The topological polar surface area (TPSA) is 75.9 Å². The molecular weight excluding hydrogens is 376 g/mol. The van der Waals surface area contributed by atoms with Gasteiger partial charge in [0.05, 0.1) is 5.56 Å². The second kappa shape index (κ2) is 11.0. The largest absolute Gasteiger partial charge is 0.352 e.